The van der Waals surface area contributed by atoms with Gasteiger partial charge in [0.1, 0.15) is 4.32 Å². The first-order valence-corrected chi connectivity index (χ1v) is 5.55. The van der Waals surface area contributed by atoms with Crippen molar-refractivity contribution < 1.29 is 0 Å². The smallest absolute Gasteiger partial charge is 0.134 e. The monoisotopic (exact) mass is 209 g/mol. The molecule has 1 atom stereocenters. The standard InChI is InChI=1S/C10H11NS2/c1-7-2-4-8(5-3-7)9-6-11-10(12)13-9/h2-5,9H,6H2,1H3,(H,11,12)/t9-/m0/s1. The van der Waals surface area contributed by atoms with E-state index in [2.05, 4.69) is 36.5 Å². The van der Waals surface area contributed by atoms with E-state index in [0.29, 0.717) is 5.25 Å². The molecule has 1 aromatic carbocycles. The molecule has 2 rings (SSSR count). The second kappa shape index (κ2) is 3.68. The zero-order valence-corrected chi connectivity index (χ0v) is 9.04. The van der Waals surface area contributed by atoms with Gasteiger partial charge >= 0.3 is 0 Å². The maximum atomic E-state index is 5.07. The van der Waals surface area contributed by atoms with E-state index in [4.69, 9.17) is 12.2 Å². The number of benzene rings is 1. The Labute approximate surface area is 87.9 Å². The predicted molar refractivity (Wildman–Crippen MR) is 62.1 cm³/mol. The van der Waals surface area contributed by atoms with Crippen LogP contribution in [0.15, 0.2) is 24.3 Å². The Balaban J connectivity index is 2.17. The third-order valence-electron chi connectivity index (χ3n) is 2.13. The summed E-state index contributed by atoms with van der Waals surface area (Å²) in [6.07, 6.45) is 0. The van der Waals surface area contributed by atoms with Crippen molar-refractivity contribution in [3.63, 3.8) is 0 Å². The van der Waals surface area contributed by atoms with Gasteiger partial charge in [-0.05, 0) is 12.5 Å². The average Bonchev–Trinajstić information content (AvgIpc) is 2.53. The van der Waals surface area contributed by atoms with Crippen molar-refractivity contribution in [1.29, 1.82) is 0 Å². The van der Waals surface area contributed by atoms with Crippen LogP contribution >= 0.6 is 24.0 Å². The molecule has 0 aliphatic carbocycles. The molecule has 0 radical (unpaired) electrons. The van der Waals surface area contributed by atoms with Gasteiger partial charge in [-0.2, -0.15) is 0 Å². The fourth-order valence-electron chi connectivity index (χ4n) is 1.36. The van der Waals surface area contributed by atoms with Gasteiger partial charge in [-0.15, -0.1) is 0 Å². The minimum absolute atomic E-state index is 0.507. The summed E-state index contributed by atoms with van der Waals surface area (Å²) in [4.78, 5) is 0. The van der Waals surface area contributed by atoms with Crippen LogP contribution in [0.25, 0.3) is 0 Å². The highest BCUT2D eigenvalue weighted by Gasteiger charge is 2.20. The Hall–Kier alpha value is -0.540. The van der Waals surface area contributed by atoms with Gasteiger partial charge in [0.2, 0.25) is 0 Å². The number of thiocarbonyl (C=S) groups is 1. The number of hydrogen-bond acceptors (Lipinski definition) is 2. The molecule has 0 aromatic heterocycles. The second-order valence-corrected chi connectivity index (χ2v) is 5.07. The Bertz CT molecular complexity index is 318. The van der Waals surface area contributed by atoms with Crippen LogP contribution in [0.5, 0.6) is 0 Å². The number of hydrogen-bond donors (Lipinski definition) is 1. The van der Waals surface area contributed by atoms with Crippen molar-refractivity contribution in [2.75, 3.05) is 6.54 Å². The van der Waals surface area contributed by atoms with Crippen LogP contribution < -0.4 is 5.32 Å². The van der Waals surface area contributed by atoms with E-state index < -0.39 is 0 Å². The molecule has 1 N–H and O–H groups in total. The van der Waals surface area contributed by atoms with E-state index in [0.717, 1.165) is 10.9 Å². The Morgan fingerprint density at radius 2 is 2.08 bits per heavy atom. The molecule has 1 aliphatic heterocycles. The van der Waals surface area contributed by atoms with Gasteiger partial charge in [0.15, 0.2) is 0 Å². The molecule has 0 bridgehead atoms. The summed E-state index contributed by atoms with van der Waals surface area (Å²) in [5.41, 5.74) is 2.67. The Morgan fingerprint density at radius 1 is 1.38 bits per heavy atom. The topological polar surface area (TPSA) is 12.0 Å². The fourth-order valence-corrected chi connectivity index (χ4v) is 2.67. The van der Waals surface area contributed by atoms with Crippen molar-refractivity contribution in [3.8, 4) is 0 Å². The van der Waals surface area contributed by atoms with Crippen LogP contribution in [0.1, 0.15) is 16.4 Å². The Kier molecular flexibility index (Phi) is 2.56. The number of nitrogens with one attached hydrogen (secondary N) is 1. The first kappa shape index (κ1) is 9.03. The quantitative estimate of drug-likeness (QED) is 0.714. The zero-order chi connectivity index (χ0) is 9.26. The van der Waals surface area contributed by atoms with Gasteiger partial charge in [0.05, 0.1) is 5.25 Å². The lowest BCUT2D eigenvalue weighted by Crippen LogP contribution is -2.11. The minimum atomic E-state index is 0.507. The highest BCUT2D eigenvalue weighted by Crippen LogP contribution is 2.32. The molecular formula is C10H11NS2. The fraction of sp³-hybridized carbons (Fsp3) is 0.300. The SMILES string of the molecule is Cc1ccc([C@@H]2CNC(=S)S2)cc1. The van der Waals surface area contributed by atoms with E-state index >= 15 is 0 Å². The van der Waals surface area contributed by atoms with Crippen molar-refractivity contribution in [3.05, 3.63) is 35.4 Å². The molecule has 1 nitrogen and oxygen atoms in total. The van der Waals surface area contributed by atoms with Gasteiger partial charge in [0, 0.05) is 6.54 Å². The zero-order valence-electron chi connectivity index (χ0n) is 7.41. The maximum Gasteiger partial charge on any atom is 0.134 e. The van der Waals surface area contributed by atoms with E-state index in [1.807, 2.05) is 0 Å². The average molecular weight is 209 g/mol. The molecule has 13 heavy (non-hydrogen) atoms. The van der Waals surface area contributed by atoms with Crippen LogP contribution in [0.2, 0.25) is 0 Å². The first-order valence-electron chi connectivity index (χ1n) is 4.27. The van der Waals surface area contributed by atoms with Gasteiger partial charge in [0.25, 0.3) is 0 Å². The van der Waals surface area contributed by atoms with Crippen LogP contribution in [0, 0.1) is 6.92 Å². The largest absolute Gasteiger partial charge is 0.369 e. The van der Waals surface area contributed by atoms with Gasteiger partial charge in [-0.3, -0.25) is 0 Å². The normalized spacial score (nSPS) is 21.6. The molecule has 1 fully saturated rings. The van der Waals surface area contributed by atoms with Gasteiger partial charge < -0.3 is 5.32 Å². The van der Waals surface area contributed by atoms with Crippen LogP contribution in [0.3, 0.4) is 0 Å². The van der Waals surface area contributed by atoms with E-state index in [9.17, 15) is 0 Å². The molecule has 0 unspecified atom stereocenters. The number of aryl methyl sites for hydroxylation is 1. The molecule has 68 valence electrons. The third kappa shape index (κ3) is 2.03. The van der Waals surface area contributed by atoms with Crippen LogP contribution in [-0.4, -0.2) is 10.9 Å². The third-order valence-corrected chi connectivity index (χ3v) is 3.65. The predicted octanol–water partition coefficient (Wildman–Crippen LogP) is 2.66. The molecule has 0 spiro atoms. The summed E-state index contributed by atoms with van der Waals surface area (Å²) in [5, 5.41) is 3.68. The molecule has 0 saturated carbocycles. The second-order valence-electron chi connectivity index (χ2n) is 3.19. The number of rotatable bonds is 1. The highest BCUT2D eigenvalue weighted by molar-refractivity contribution is 8.23. The molecule has 3 heteroatoms. The van der Waals surface area contributed by atoms with Crippen LogP contribution in [0.4, 0.5) is 0 Å². The summed E-state index contributed by atoms with van der Waals surface area (Å²) in [6, 6.07) is 8.67. The van der Waals surface area contributed by atoms with Gasteiger partial charge in [-0.1, -0.05) is 53.8 Å². The molecule has 1 heterocycles. The van der Waals surface area contributed by atoms with E-state index in [1.54, 1.807) is 11.8 Å². The van der Waals surface area contributed by atoms with Gasteiger partial charge in [-0.25, -0.2) is 0 Å². The van der Waals surface area contributed by atoms with Crippen LogP contribution in [-0.2, 0) is 0 Å². The summed E-state index contributed by atoms with van der Waals surface area (Å²) >= 11 is 6.82. The lowest BCUT2D eigenvalue weighted by Gasteiger charge is -2.06. The summed E-state index contributed by atoms with van der Waals surface area (Å²) in [6.45, 7) is 3.07. The summed E-state index contributed by atoms with van der Waals surface area (Å²) < 4.78 is 0.922. The molecule has 1 aliphatic rings. The van der Waals surface area contributed by atoms with E-state index in [-0.39, 0.29) is 0 Å². The molecule has 1 aromatic rings. The first-order chi connectivity index (χ1) is 6.25. The maximum absolute atomic E-state index is 5.07. The lowest BCUT2D eigenvalue weighted by atomic mass is 10.1. The van der Waals surface area contributed by atoms with Crippen molar-refractivity contribution >= 4 is 28.3 Å². The van der Waals surface area contributed by atoms with E-state index in [1.165, 1.54) is 11.1 Å². The minimum Gasteiger partial charge on any atom is -0.369 e. The Morgan fingerprint density at radius 3 is 2.62 bits per heavy atom. The van der Waals surface area contributed by atoms with Crippen molar-refractivity contribution in [2.45, 2.75) is 12.2 Å². The molecular weight excluding hydrogens is 198 g/mol. The molecule has 0 amide bonds. The summed E-state index contributed by atoms with van der Waals surface area (Å²) in [5.74, 6) is 0. The van der Waals surface area contributed by atoms with Crippen molar-refractivity contribution in [1.82, 2.24) is 5.32 Å². The highest BCUT2D eigenvalue weighted by atomic mass is 32.2. The number of thioether (sulfide) groups is 1. The molecule has 1 saturated heterocycles. The lowest BCUT2D eigenvalue weighted by molar-refractivity contribution is 0.887. The summed E-state index contributed by atoms with van der Waals surface area (Å²) in [7, 11) is 0. The van der Waals surface area contributed by atoms with Crippen molar-refractivity contribution in [2.24, 2.45) is 0 Å².